The predicted octanol–water partition coefficient (Wildman–Crippen LogP) is 1.62. The molecule has 0 aliphatic rings. The number of ether oxygens (including phenoxy) is 3. The Balaban J connectivity index is 3.06. The van der Waals surface area contributed by atoms with E-state index in [4.69, 9.17) is 14.2 Å². The summed E-state index contributed by atoms with van der Waals surface area (Å²) in [5.74, 6) is -0.210. The summed E-state index contributed by atoms with van der Waals surface area (Å²) in [6.45, 7) is 3.15. The van der Waals surface area contributed by atoms with Crippen molar-refractivity contribution in [3.05, 3.63) is 23.8 Å². The van der Waals surface area contributed by atoms with E-state index >= 15 is 0 Å². The minimum atomic E-state index is -1.18. The Morgan fingerprint density at radius 2 is 1.75 bits per heavy atom. The number of carboxylic acids is 1. The number of methoxy groups -OCH3 is 2. The summed E-state index contributed by atoms with van der Waals surface area (Å²) in [4.78, 5) is 11.3. The van der Waals surface area contributed by atoms with E-state index in [9.17, 15) is 15.0 Å². The minimum Gasteiger partial charge on any atom is -0.493 e. The summed E-state index contributed by atoms with van der Waals surface area (Å²) in [6.07, 6.45) is -2.56. The van der Waals surface area contributed by atoms with Crippen LogP contribution in [0.1, 0.15) is 25.5 Å². The van der Waals surface area contributed by atoms with Crippen LogP contribution in [-0.2, 0) is 9.53 Å². The van der Waals surface area contributed by atoms with E-state index in [1.165, 1.54) is 21.1 Å². The molecule has 0 aliphatic heterocycles. The van der Waals surface area contributed by atoms with Gasteiger partial charge in [0.2, 0.25) is 0 Å². The van der Waals surface area contributed by atoms with Crippen molar-refractivity contribution in [3.63, 3.8) is 0 Å². The molecule has 0 saturated heterocycles. The van der Waals surface area contributed by atoms with Gasteiger partial charge in [-0.3, -0.25) is 0 Å². The van der Waals surface area contributed by atoms with Crippen LogP contribution in [0.15, 0.2) is 18.2 Å². The number of benzene rings is 1. The molecular formula is C14H20O6. The van der Waals surface area contributed by atoms with Gasteiger partial charge in [0.1, 0.15) is 0 Å². The van der Waals surface area contributed by atoms with Crippen molar-refractivity contribution in [2.75, 3.05) is 14.2 Å². The standard InChI is InChI=1S/C14H20O6/c1-8(15)9(2)20-13(14(16)17)10-5-6-11(18-3)12(7-10)19-4/h5-9,13,15H,1-4H3,(H,16,17). The lowest BCUT2D eigenvalue weighted by Gasteiger charge is -2.22. The number of hydrogen-bond acceptors (Lipinski definition) is 5. The Labute approximate surface area is 117 Å². The van der Waals surface area contributed by atoms with E-state index in [1.807, 2.05) is 0 Å². The Morgan fingerprint density at radius 3 is 2.20 bits per heavy atom. The Morgan fingerprint density at radius 1 is 1.15 bits per heavy atom. The molecule has 1 aromatic carbocycles. The van der Waals surface area contributed by atoms with Gasteiger partial charge in [0.25, 0.3) is 0 Å². The van der Waals surface area contributed by atoms with Gasteiger partial charge in [0.15, 0.2) is 17.6 Å². The lowest BCUT2D eigenvalue weighted by atomic mass is 10.1. The first kappa shape index (κ1) is 16.3. The fourth-order valence-electron chi connectivity index (χ4n) is 1.62. The second kappa shape index (κ2) is 7.12. The van der Waals surface area contributed by atoms with Crippen LogP contribution in [0, 0.1) is 0 Å². The summed E-state index contributed by atoms with van der Waals surface area (Å²) in [7, 11) is 2.97. The fraction of sp³-hybridized carbons (Fsp3) is 0.500. The van der Waals surface area contributed by atoms with Crippen LogP contribution in [0.5, 0.6) is 11.5 Å². The average Bonchev–Trinajstić information content (AvgIpc) is 2.43. The molecule has 0 amide bonds. The molecule has 0 radical (unpaired) electrons. The summed E-state index contributed by atoms with van der Waals surface area (Å²) >= 11 is 0. The Bertz CT molecular complexity index is 457. The van der Waals surface area contributed by atoms with Crippen LogP contribution < -0.4 is 9.47 Å². The van der Waals surface area contributed by atoms with Crippen molar-refractivity contribution in [2.24, 2.45) is 0 Å². The molecule has 0 bridgehead atoms. The molecule has 6 heteroatoms. The maximum absolute atomic E-state index is 11.3. The molecule has 0 aliphatic carbocycles. The van der Waals surface area contributed by atoms with E-state index in [0.717, 1.165) is 0 Å². The zero-order valence-electron chi connectivity index (χ0n) is 12.0. The maximum Gasteiger partial charge on any atom is 0.337 e. The fourth-order valence-corrected chi connectivity index (χ4v) is 1.62. The molecule has 6 nitrogen and oxygen atoms in total. The highest BCUT2D eigenvalue weighted by atomic mass is 16.5. The van der Waals surface area contributed by atoms with Gasteiger partial charge >= 0.3 is 5.97 Å². The van der Waals surface area contributed by atoms with Gasteiger partial charge in [0, 0.05) is 0 Å². The van der Waals surface area contributed by atoms with Gasteiger partial charge in [0.05, 0.1) is 26.4 Å². The number of aliphatic carboxylic acids is 1. The number of aliphatic hydroxyl groups excluding tert-OH is 1. The largest absolute Gasteiger partial charge is 0.493 e. The van der Waals surface area contributed by atoms with Crippen LogP contribution in [-0.4, -0.2) is 42.6 Å². The highest BCUT2D eigenvalue weighted by Crippen LogP contribution is 2.31. The highest BCUT2D eigenvalue weighted by molar-refractivity contribution is 5.74. The van der Waals surface area contributed by atoms with Gasteiger partial charge in [-0.15, -0.1) is 0 Å². The normalized spacial score (nSPS) is 15.2. The molecule has 1 aromatic rings. The number of hydrogen-bond donors (Lipinski definition) is 2. The topological polar surface area (TPSA) is 85.2 Å². The van der Waals surface area contributed by atoms with Crippen molar-refractivity contribution < 1.29 is 29.2 Å². The first-order valence-electron chi connectivity index (χ1n) is 6.19. The number of rotatable bonds is 7. The molecular weight excluding hydrogens is 264 g/mol. The van der Waals surface area contributed by atoms with E-state index in [1.54, 1.807) is 25.1 Å². The number of aliphatic hydroxyl groups is 1. The summed E-state index contributed by atoms with van der Waals surface area (Å²) in [5.41, 5.74) is 0.419. The predicted molar refractivity (Wildman–Crippen MR) is 72.2 cm³/mol. The van der Waals surface area contributed by atoms with E-state index in [2.05, 4.69) is 0 Å². The van der Waals surface area contributed by atoms with Crippen molar-refractivity contribution >= 4 is 5.97 Å². The van der Waals surface area contributed by atoms with Crippen LogP contribution in [0.25, 0.3) is 0 Å². The SMILES string of the molecule is COc1ccc(C(OC(C)C(C)O)C(=O)O)cc1OC. The highest BCUT2D eigenvalue weighted by Gasteiger charge is 2.26. The van der Waals surface area contributed by atoms with E-state index in [-0.39, 0.29) is 0 Å². The van der Waals surface area contributed by atoms with Crippen LogP contribution in [0.3, 0.4) is 0 Å². The molecule has 1 rings (SSSR count). The number of carboxylic acid groups (broad SMARTS) is 1. The average molecular weight is 284 g/mol. The second-order valence-corrected chi connectivity index (χ2v) is 4.41. The number of carbonyl (C=O) groups is 1. The molecule has 2 N–H and O–H groups in total. The molecule has 3 unspecified atom stereocenters. The van der Waals surface area contributed by atoms with Crippen molar-refractivity contribution in [1.82, 2.24) is 0 Å². The molecule has 0 saturated carbocycles. The van der Waals surface area contributed by atoms with Crippen LogP contribution in [0.2, 0.25) is 0 Å². The van der Waals surface area contributed by atoms with Gasteiger partial charge in [-0.1, -0.05) is 6.07 Å². The van der Waals surface area contributed by atoms with E-state index < -0.39 is 24.3 Å². The summed E-state index contributed by atoms with van der Waals surface area (Å²) in [6, 6.07) is 4.75. The van der Waals surface area contributed by atoms with Crippen molar-refractivity contribution in [1.29, 1.82) is 0 Å². The first-order chi connectivity index (χ1) is 9.40. The Kier molecular flexibility index (Phi) is 5.79. The van der Waals surface area contributed by atoms with Crippen LogP contribution in [0.4, 0.5) is 0 Å². The van der Waals surface area contributed by atoms with Crippen LogP contribution >= 0.6 is 0 Å². The Hall–Kier alpha value is -1.79. The molecule has 0 fully saturated rings. The third-order valence-electron chi connectivity index (χ3n) is 2.96. The lowest BCUT2D eigenvalue weighted by Crippen LogP contribution is -2.28. The minimum absolute atomic E-state index is 0.419. The third-order valence-corrected chi connectivity index (χ3v) is 2.96. The maximum atomic E-state index is 11.3. The van der Waals surface area contributed by atoms with Gasteiger partial charge in [-0.25, -0.2) is 4.79 Å². The third kappa shape index (κ3) is 3.85. The first-order valence-corrected chi connectivity index (χ1v) is 6.19. The molecule has 0 heterocycles. The van der Waals surface area contributed by atoms with Crippen molar-refractivity contribution in [3.8, 4) is 11.5 Å². The second-order valence-electron chi connectivity index (χ2n) is 4.41. The monoisotopic (exact) mass is 284 g/mol. The van der Waals surface area contributed by atoms with Gasteiger partial charge in [-0.2, -0.15) is 0 Å². The lowest BCUT2D eigenvalue weighted by molar-refractivity contribution is -0.158. The molecule has 20 heavy (non-hydrogen) atoms. The molecule has 112 valence electrons. The summed E-state index contributed by atoms with van der Waals surface area (Å²) < 4.78 is 15.6. The molecule has 0 aromatic heterocycles. The smallest absolute Gasteiger partial charge is 0.337 e. The van der Waals surface area contributed by atoms with E-state index in [0.29, 0.717) is 17.1 Å². The van der Waals surface area contributed by atoms with Crippen molar-refractivity contribution in [2.45, 2.75) is 32.2 Å². The quantitative estimate of drug-likeness (QED) is 0.791. The van der Waals surface area contributed by atoms with Gasteiger partial charge in [-0.05, 0) is 31.5 Å². The zero-order valence-corrected chi connectivity index (χ0v) is 12.0. The summed E-state index contributed by atoms with van der Waals surface area (Å²) in [5, 5.41) is 18.7. The molecule has 0 spiro atoms. The van der Waals surface area contributed by atoms with Gasteiger partial charge < -0.3 is 24.4 Å². The zero-order chi connectivity index (χ0) is 15.3. The molecule has 3 atom stereocenters.